The molecule has 0 radical (unpaired) electrons. The monoisotopic (exact) mass is 330 g/mol. The third-order valence-corrected chi connectivity index (χ3v) is 3.67. The van der Waals surface area contributed by atoms with E-state index in [2.05, 4.69) is 34.6 Å². The fraction of sp³-hybridized carbons (Fsp3) is 0.250. The van der Waals surface area contributed by atoms with Gasteiger partial charge in [0, 0.05) is 6.20 Å². The summed E-state index contributed by atoms with van der Waals surface area (Å²) < 4.78 is 15.8. The Labute approximate surface area is 108 Å². The van der Waals surface area contributed by atoms with E-state index in [1.165, 1.54) is 12.1 Å². The molecule has 16 heavy (non-hydrogen) atoms. The van der Waals surface area contributed by atoms with Crippen molar-refractivity contribution >= 4 is 22.6 Å². The van der Waals surface area contributed by atoms with Crippen LogP contribution in [0.3, 0.4) is 0 Å². The highest BCUT2D eigenvalue weighted by atomic mass is 127. The van der Waals surface area contributed by atoms with Crippen LogP contribution in [-0.4, -0.2) is 9.78 Å². The van der Waals surface area contributed by atoms with Crippen LogP contribution in [0.4, 0.5) is 4.39 Å². The van der Waals surface area contributed by atoms with Gasteiger partial charge < -0.3 is 0 Å². The van der Waals surface area contributed by atoms with E-state index in [0.29, 0.717) is 0 Å². The molecule has 1 atom stereocenters. The van der Waals surface area contributed by atoms with Crippen molar-refractivity contribution in [3.63, 3.8) is 0 Å². The van der Waals surface area contributed by atoms with Crippen molar-refractivity contribution in [1.29, 1.82) is 0 Å². The van der Waals surface area contributed by atoms with Crippen LogP contribution >= 0.6 is 22.6 Å². The van der Waals surface area contributed by atoms with E-state index in [4.69, 9.17) is 0 Å². The Balaban J connectivity index is 2.31. The number of nitrogens with zero attached hydrogens (tertiary/aromatic N) is 2. The standard InChI is InChI=1S/C12H12FIN2/c1-8-12(14)7-16(15-8)9(2)10-3-5-11(13)6-4-10/h3-7,9H,1-2H3/t9-/m1/s1. The minimum Gasteiger partial charge on any atom is -0.264 e. The molecule has 0 N–H and O–H groups in total. The van der Waals surface area contributed by atoms with Gasteiger partial charge in [0.1, 0.15) is 5.82 Å². The Morgan fingerprint density at radius 1 is 1.31 bits per heavy atom. The van der Waals surface area contributed by atoms with Gasteiger partial charge in [0.15, 0.2) is 0 Å². The third kappa shape index (κ3) is 2.26. The Bertz CT molecular complexity index is 471. The average Bonchev–Trinajstić information content (AvgIpc) is 2.59. The van der Waals surface area contributed by atoms with Crippen molar-refractivity contribution in [3.05, 3.63) is 51.1 Å². The van der Waals surface area contributed by atoms with Crippen molar-refractivity contribution in [2.45, 2.75) is 19.9 Å². The van der Waals surface area contributed by atoms with Gasteiger partial charge in [-0.25, -0.2) is 4.39 Å². The molecule has 0 saturated heterocycles. The van der Waals surface area contributed by atoms with Gasteiger partial charge in [0.2, 0.25) is 0 Å². The summed E-state index contributed by atoms with van der Waals surface area (Å²) in [5.41, 5.74) is 2.08. The molecule has 0 spiro atoms. The molecule has 0 bridgehead atoms. The third-order valence-electron chi connectivity index (χ3n) is 2.61. The Kier molecular flexibility index (Phi) is 3.28. The van der Waals surface area contributed by atoms with Gasteiger partial charge in [-0.15, -0.1) is 0 Å². The first-order valence-electron chi connectivity index (χ1n) is 5.04. The normalized spacial score (nSPS) is 12.8. The number of hydrogen-bond donors (Lipinski definition) is 0. The molecule has 0 saturated carbocycles. The lowest BCUT2D eigenvalue weighted by atomic mass is 10.1. The molecule has 0 amide bonds. The Hall–Kier alpha value is -0.910. The summed E-state index contributed by atoms with van der Waals surface area (Å²) in [7, 11) is 0. The summed E-state index contributed by atoms with van der Waals surface area (Å²) in [5.74, 6) is -0.206. The number of hydrogen-bond acceptors (Lipinski definition) is 1. The van der Waals surface area contributed by atoms with Crippen LogP contribution in [-0.2, 0) is 0 Å². The zero-order chi connectivity index (χ0) is 11.7. The lowest BCUT2D eigenvalue weighted by Gasteiger charge is -2.12. The lowest BCUT2D eigenvalue weighted by molar-refractivity contribution is 0.557. The first-order valence-corrected chi connectivity index (χ1v) is 6.12. The van der Waals surface area contributed by atoms with E-state index in [9.17, 15) is 4.39 Å². The predicted octanol–water partition coefficient (Wildman–Crippen LogP) is 3.54. The van der Waals surface area contributed by atoms with Gasteiger partial charge in [-0.3, -0.25) is 4.68 Å². The summed E-state index contributed by atoms with van der Waals surface area (Å²) in [6.45, 7) is 4.03. The quantitative estimate of drug-likeness (QED) is 0.770. The van der Waals surface area contributed by atoms with Gasteiger partial charge in [-0.2, -0.15) is 5.10 Å². The van der Waals surface area contributed by atoms with Crippen LogP contribution in [0.5, 0.6) is 0 Å². The van der Waals surface area contributed by atoms with Gasteiger partial charge in [-0.05, 0) is 54.1 Å². The molecular formula is C12H12FIN2. The largest absolute Gasteiger partial charge is 0.264 e. The van der Waals surface area contributed by atoms with Gasteiger partial charge in [0.25, 0.3) is 0 Å². The molecule has 1 aromatic heterocycles. The minimum absolute atomic E-state index is 0.128. The first-order chi connectivity index (χ1) is 7.58. The molecule has 4 heteroatoms. The number of aryl methyl sites for hydroxylation is 1. The van der Waals surface area contributed by atoms with Gasteiger partial charge >= 0.3 is 0 Å². The van der Waals surface area contributed by atoms with Crippen LogP contribution < -0.4 is 0 Å². The molecular weight excluding hydrogens is 318 g/mol. The van der Waals surface area contributed by atoms with E-state index in [-0.39, 0.29) is 11.9 Å². The maximum absolute atomic E-state index is 12.8. The van der Waals surface area contributed by atoms with Crippen molar-refractivity contribution in [2.75, 3.05) is 0 Å². The zero-order valence-electron chi connectivity index (χ0n) is 9.11. The van der Waals surface area contributed by atoms with Gasteiger partial charge in [-0.1, -0.05) is 12.1 Å². The SMILES string of the molecule is Cc1nn([C@H](C)c2ccc(F)cc2)cc1I. The molecule has 0 aliphatic carbocycles. The molecule has 2 aromatic rings. The van der Waals surface area contributed by atoms with Crippen LogP contribution in [0.1, 0.15) is 24.2 Å². The second-order valence-electron chi connectivity index (χ2n) is 3.77. The second-order valence-corrected chi connectivity index (χ2v) is 4.93. The summed E-state index contributed by atoms with van der Waals surface area (Å²) in [6, 6.07) is 6.68. The minimum atomic E-state index is -0.206. The summed E-state index contributed by atoms with van der Waals surface area (Å²) in [5, 5.41) is 4.42. The van der Waals surface area contributed by atoms with Crippen LogP contribution in [0, 0.1) is 16.3 Å². The number of rotatable bonds is 2. The van der Waals surface area contributed by atoms with Crippen LogP contribution in [0.15, 0.2) is 30.5 Å². The van der Waals surface area contributed by atoms with Crippen molar-refractivity contribution < 1.29 is 4.39 Å². The Morgan fingerprint density at radius 2 is 1.94 bits per heavy atom. The number of halogens is 2. The topological polar surface area (TPSA) is 17.8 Å². The van der Waals surface area contributed by atoms with E-state index in [1.807, 2.05) is 17.8 Å². The van der Waals surface area contributed by atoms with E-state index in [0.717, 1.165) is 14.8 Å². The zero-order valence-corrected chi connectivity index (χ0v) is 11.3. The Morgan fingerprint density at radius 3 is 2.44 bits per heavy atom. The smallest absolute Gasteiger partial charge is 0.123 e. The van der Waals surface area contributed by atoms with Crippen molar-refractivity contribution in [3.8, 4) is 0 Å². The summed E-state index contributed by atoms with van der Waals surface area (Å²) in [4.78, 5) is 0. The fourth-order valence-corrected chi connectivity index (χ4v) is 1.95. The highest BCUT2D eigenvalue weighted by molar-refractivity contribution is 14.1. The van der Waals surface area contributed by atoms with Crippen molar-refractivity contribution in [2.24, 2.45) is 0 Å². The highest BCUT2D eigenvalue weighted by Gasteiger charge is 2.10. The predicted molar refractivity (Wildman–Crippen MR) is 69.9 cm³/mol. The average molecular weight is 330 g/mol. The molecule has 84 valence electrons. The number of benzene rings is 1. The fourth-order valence-electron chi connectivity index (χ4n) is 1.55. The molecule has 1 aromatic carbocycles. The summed E-state index contributed by atoms with van der Waals surface area (Å²) in [6.07, 6.45) is 2.00. The summed E-state index contributed by atoms with van der Waals surface area (Å²) >= 11 is 2.26. The molecule has 0 aliphatic heterocycles. The molecule has 0 aliphatic rings. The highest BCUT2D eigenvalue weighted by Crippen LogP contribution is 2.19. The maximum atomic E-state index is 12.8. The lowest BCUT2D eigenvalue weighted by Crippen LogP contribution is -2.07. The molecule has 0 unspecified atom stereocenters. The number of aromatic nitrogens is 2. The van der Waals surface area contributed by atoms with Crippen molar-refractivity contribution in [1.82, 2.24) is 9.78 Å². The molecule has 0 fully saturated rings. The van der Waals surface area contributed by atoms with Crippen LogP contribution in [0.25, 0.3) is 0 Å². The first kappa shape index (κ1) is 11.6. The molecule has 2 nitrogen and oxygen atoms in total. The van der Waals surface area contributed by atoms with E-state index in [1.54, 1.807) is 12.1 Å². The second kappa shape index (κ2) is 4.53. The molecule has 1 heterocycles. The van der Waals surface area contributed by atoms with E-state index >= 15 is 0 Å². The van der Waals surface area contributed by atoms with Crippen LogP contribution in [0.2, 0.25) is 0 Å². The molecule has 2 rings (SSSR count). The van der Waals surface area contributed by atoms with Gasteiger partial charge in [0.05, 0.1) is 15.3 Å². The maximum Gasteiger partial charge on any atom is 0.123 e. The van der Waals surface area contributed by atoms with E-state index < -0.39 is 0 Å².